The molecule has 1 aliphatic heterocycles. The topological polar surface area (TPSA) is 67.3 Å². The molecule has 2 heterocycles. The summed E-state index contributed by atoms with van der Waals surface area (Å²) in [6, 6.07) is 7.99. The number of nitrogens with one attached hydrogen (secondary N) is 1. The zero-order valence-corrected chi connectivity index (χ0v) is 22.1. The highest BCUT2D eigenvalue weighted by molar-refractivity contribution is 9.10. The number of aromatic nitrogens is 2. The van der Waals surface area contributed by atoms with Crippen LogP contribution in [-0.4, -0.2) is 40.2 Å². The molecule has 1 saturated heterocycles. The highest BCUT2D eigenvalue weighted by Gasteiger charge is 2.22. The van der Waals surface area contributed by atoms with Gasteiger partial charge < -0.3 is 14.6 Å². The number of hydrogen-bond donors (Lipinski definition) is 1. The minimum absolute atomic E-state index is 0.0655. The Morgan fingerprint density at radius 3 is 2.47 bits per heavy atom. The lowest BCUT2D eigenvalue weighted by atomic mass is 9.90. The second kappa shape index (κ2) is 11.7. The van der Waals surface area contributed by atoms with Crippen LogP contribution in [0.4, 0.5) is 0 Å². The van der Waals surface area contributed by atoms with E-state index in [4.69, 9.17) is 4.74 Å². The van der Waals surface area contributed by atoms with E-state index in [1.165, 1.54) is 16.6 Å². The van der Waals surface area contributed by atoms with Crippen LogP contribution in [0.1, 0.15) is 76.1 Å². The van der Waals surface area contributed by atoms with E-state index in [0.29, 0.717) is 12.3 Å². The average Bonchev–Trinajstić information content (AvgIpc) is 2.81. The lowest BCUT2D eigenvalue weighted by molar-refractivity contribution is 0.185. The molecule has 2 fully saturated rings. The van der Waals surface area contributed by atoms with Crippen molar-refractivity contribution in [3.8, 4) is 5.75 Å². The largest absolute Gasteiger partial charge is 0.491 e. The lowest BCUT2D eigenvalue weighted by Crippen LogP contribution is -2.40. The third-order valence-electron chi connectivity index (χ3n) is 7.26. The van der Waals surface area contributed by atoms with Crippen LogP contribution in [0.2, 0.25) is 0 Å². The molecule has 1 aromatic carbocycles. The maximum atomic E-state index is 12.7. The smallest absolute Gasteiger partial charge is 0.328 e. The van der Waals surface area contributed by atoms with Crippen molar-refractivity contribution in [3.05, 3.63) is 60.8 Å². The third-order valence-corrected chi connectivity index (χ3v) is 8.04. The van der Waals surface area contributed by atoms with E-state index in [1.807, 2.05) is 6.07 Å². The van der Waals surface area contributed by atoms with Crippen molar-refractivity contribution < 1.29 is 4.74 Å². The number of benzene rings is 1. The number of nitrogens with zero attached hydrogens (tertiary/aromatic N) is 2. The Labute approximate surface area is 210 Å². The van der Waals surface area contributed by atoms with Gasteiger partial charge in [0.05, 0.1) is 6.10 Å². The molecule has 7 heteroatoms. The molecule has 6 nitrogen and oxygen atoms in total. The molecule has 0 unspecified atom stereocenters. The summed E-state index contributed by atoms with van der Waals surface area (Å²) in [5.41, 5.74) is 1.70. The van der Waals surface area contributed by atoms with Crippen molar-refractivity contribution >= 4 is 15.9 Å². The number of aromatic amines is 1. The first-order valence-electron chi connectivity index (χ1n) is 12.9. The molecule has 2 aromatic rings. The van der Waals surface area contributed by atoms with E-state index in [-0.39, 0.29) is 23.4 Å². The number of likely N-dealkylation sites (tertiary alicyclic amines) is 1. The van der Waals surface area contributed by atoms with Gasteiger partial charge in [0.2, 0.25) is 0 Å². The van der Waals surface area contributed by atoms with Gasteiger partial charge in [0.1, 0.15) is 5.75 Å². The van der Waals surface area contributed by atoms with Crippen molar-refractivity contribution in [2.45, 2.75) is 83.8 Å². The van der Waals surface area contributed by atoms with Crippen molar-refractivity contribution in [3.63, 3.8) is 0 Å². The summed E-state index contributed by atoms with van der Waals surface area (Å²) in [4.78, 5) is 30.7. The maximum Gasteiger partial charge on any atom is 0.328 e. The number of halogens is 1. The molecule has 1 aromatic heterocycles. The first-order valence-corrected chi connectivity index (χ1v) is 13.7. The van der Waals surface area contributed by atoms with Crippen LogP contribution in [0.3, 0.4) is 0 Å². The summed E-state index contributed by atoms with van der Waals surface area (Å²) in [5.74, 6) is 1.59. The molecule has 1 saturated carbocycles. The highest BCUT2D eigenvalue weighted by Crippen LogP contribution is 2.29. The van der Waals surface area contributed by atoms with Gasteiger partial charge in [-0.2, -0.15) is 0 Å². The van der Waals surface area contributed by atoms with Gasteiger partial charge in [0, 0.05) is 35.2 Å². The Bertz CT molecular complexity index is 1030. The number of hydrogen-bond acceptors (Lipinski definition) is 4. The summed E-state index contributed by atoms with van der Waals surface area (Å²) in [5, 5.41) is 0. The molecule has 0 amide bonds. The fourth-order valence-electron chi connectivity index (χ4n) is 5.43. The second-order valence-electron chi connectivity index (χ2n) is 10.3. The number of ether oxygens (including phenoxy) is 1. The van der Waals surface area contributed by atoms with Crippen LogP contribution in [0.5, 0.6) is 5.75 Å². The van der Waals surface area contributed by atoms with Crippen LogP contribution < -0.4 is 16.0 Å². The van der Waals surface area contributed by atoms with Crippen LogP contribution in [0.15, 0.2) is 38.3 Å². The normalized spacial score (nSPS) is 18.5. The summed E-state index contributed by atoms with van der Waals surface area (Å²) in [7, 11) is 0. The number of H-pyrrole nitrogens is 1. The fraction of sp³-hybridized carbons (Fsp3) is 0.630. The molecule has 1 N–H and O–H groups in total. The molecular weight excluding hydrogens is 494 g/mol. The Morgan fingerprint density at radius 1 is 1.06 bits per heavy atom. The van der Waals surface area contributed by atoms with E-state index < -0.39 is 0 Å². The predicted molar refractivity (Wildman–Crippen MR) is 140 cm³/mol. The van der Waals surface area contributed by atoms with E-state index in [9.17, 15) is 9.59 Å². The highest BCUT2D eigenvalue weighted by atomic mass is 79.9. The van der Waals surface area contributed by atoms with Gasteiger partial charge in [-0.1, -0.05) is 35.2 Å². The molecule has 1 aliphatic carbocycles. The molecule has 2 aliphatic rings. The Kier molecular flexibility index (Phi) is 8.70. The molecule has 0 bridgehead atoms. The van der Waals surface area contributed by atoms with Gasteiger partial charge in [-0.05, 0) is 88.7 Å². The zero-order valence-electron chi connectivity index (χ0n) is 20.5. The first kappa shape index (κ1) is 25.2. The fourth-order valence-corrected chi connectivity index (χ4v) is 5.84. The van der Waals surface area contributed by atoms with Crippen LogP contribution in [0, 0.1) is 5.92 Å². The maximum absolute atomic E-state index is 12.7. The Morgan fingerprint density at radius 2 is 1.79 bits per heavy atom. The van der Waals surface area contributed by atoms with Crippen molar-refractivity contribution in [2.24, 2.45) is 5.92 Å². The van der Waals surface area contributed by atoms with Gasteiger partial charge in [0.15, 0.2) is 0 Å². The summed E-state index contributed by atoms with van der Waals surface area (Å²) < 4.78 is 8.47. The van der Waals surface area contributed by atoms with Crippen LogP contribution in [0.25, 0.3) is 0 Å². The van der Waals surface area contributed by atoms with Gasteiger partial charge in [-0.25, -0.2) is 4.79 Å². The Balaban J connectivity index is 1.28. The summed E-state index contributed by atoms with van der Waals surface area (Å²) >= 11 is 3.71. The quantitative estimate of drug-likeness (QED) is 0.515. The standard InChI is InChI=1S/C27H38BrN3O3/c1-19(2)34-24-8-9-25(28)21(17-24)16-20-10-13-30(14-11-20)15-12-22-18-26(32)31(27(33)29-22)23-6-4-3-5-7-23/h8-9,17-20,23H,3-7,10-16H2,1-2H3,(H,29,33). The SMILES string of the molecule is CC(C)Oc1ccc(Br)c(CC2CCN(CCc3cc(=O)n(C4CCCCC4)c(=O)[nH]3)CC2)c1. The molecule has 0 radical (unpaired) electrons. The molecule has 34 heavy (non-hydrogen) atoms. The minimum atomic E-state index is -0.234. The Hall–Kier alpha value is -1.86. The summed E-state index contributed by atoms with van der Waals surface area (Å²) in [6.07, 6.45) is 9.51. The minimum Gasteiger partial charge on any atom is -0.491 e. The zero-order chi connectivity index (χ0) is 24.1. The van der Waals surface area contributed by atoms with Crippen LogP contribution >= 0.6 is 15.9 Å². The van der Waals surface area contributed by atoms with Crippen molar-refractivity contribution in [1.82, 2.24) is 14.5 Å². The van der Waals surface area contributed by atoms with Gasteiger partial charge >= 0.3 is 5.69 Å². The predicted octanol–water partition coefficient (Wildman–Crippen LogP) is 5.09. The van der Waals surface area contributed by atoms with Gasteiger partial charge in [-0.15, -0.1) is 0 Å². The van der Waals surface area contributed by atoms with Crippen molar-refractivity contribution in [1.29, 1.82) is 0 Å². The number of piperidine rings is 1. The van der Waals surface area contributed by atoms with E-state index in [1.54, 1.807) is 6.07 Å². The third kappa shape index (κ3) is 6.63. The van der Waals surface area contributed by atoms with Crippen molar-refractivity contribution in [2.75, 3.05) is 19.6 Å². The molecular formula is C27H38BrN3O3. The van der Waals surface area contributed by atoms with E-state index in [0.717, 1.165) is 80.5 Å². The van der Waals surface area contributed by atoms with Gasteiger partial charge in [0.25, 0.3) is 5.56 Å². The molecule has 0 spiro atoms. The number of rotatable bonds is 8. The second-order valence-corrected chi connectivity index (χ2v) is 11.1. The summed E-state index contributed by atoms with van der Waals surface area (Å²) in [6.45, 7) is 7.07. The lowest BCUT2D eigenvalue weighted by Gasteiger charge is -2.32. The molecule has 4 rings (SSSR count). The average molecular weight is 533 g/mol. The molecule has 0 atom stereocenters. The van der Waals surface area contributed by atoms with Gasteiger partial charge in [-0.3, -0.25) is 9.36 Å². The molecule has 186 valence electrons. The monoisotopic (exact) mass is 531 g/mol. The first-order chi connectivity index (χ1) is 16.4. The van der Waals surface area contributed by atoms with E-state index in [2.05, 4.69) is 51.8 Å². The van der Waals surface area contributed by atoms with E-state index >= 15 is 0 Å². The van der Waals surface area contributed by atoms with Crippen LogP contribution in [-0.2, 0) is 12.8 Å².